The number of benzene rings is 1. The highest BCUT2D eigenvalue weighted by molar-refractivity contribution is 5.86. The Kier molecular flexibility index (Phi) is 2.99. The van der Waals surface area contributed by atoms with Gasteiger partial charge in [0.25, 0.3) is 0 Å². The number of rotatable bonds is 3. The molecule has 0 aliphatic carbocycles. The number of aromatic nitrogens is 2. The number of hydrogen-bond donors (Lipinski definition) is 0. The fraction of sp³-hybridized carbons (Fsp3) is 0.125. The lowest BCUT2D eigenvalue weighted by Gasteiger charge is -1.99. The summed E-state index contributed by atoms with van der Waals surface area (Å²) in [4.78, 5) is 11.3. The molecule has 3 rings (SSSR count). The number of carbonyl (C=O) groups excluding carboxylic acids is 1. The number of furan rings is 1. The molecule has 0 atom stereocenters. The van der Waals surface area contributed by atoms with E-state index in [1.54, 1.807) is 10.9 Å². The molecule has 0 radical (unpaired) electrons. The normalized spacial score (nSPS) is 10.7. The smallest absolute Gasteiger partial charge is 0.153 e. The van der Waals surface area contributed by atoms with E-state index in [2.05, 4.69) is 5.10 Å². The van der Waals surface area contributed by atoms with Crippen LogP contribution >= 0.6 is 0 Å². The average Bonchev–Trinajstić information content (AvgIpc) is 3.02. The van der Waals surface area contributed by atoms with Crippen LogP contribution in [0.25, 0.3) is 16.9 Å². The Morgan fingerprint density at radius 1 is 1.20 bits per heavy atom. The lowest BCUT2D eigenvalue weighted by Crippen LogP contribution is -1.94. The van der Waals surface area contributed by atoms with Crippen molar-refractivity contribution >= 4 is 6.29 Å². The molecule has 1 aromatic carbocycles. The number of aryl methyl sites for hydroxylation is 2. The molecule has 100 valence electrons. The van der Waals surface area contributed by atoms with Crippen LogP contribution in [0.3, 0.4) is 0 Å². The zero-order valence-electron chi connectivity index (χ0n) is 11.3. The zero-order valence-corrected chi connectivity index (χ0v) is 11.3. The van der Waals surface area contributed by atoms with Gasteiger partial charge in [-0.2, -0.15) is 5.10 Å². The molecule has 0 bridgehead atoms. The molecule has 0 saturated carbocycles. The Balaban J connectivity index is 2.15. The summed E-state index contributed by atoms with van der Waals surface area (Å²) < 4.78 is 7.23. The van der Waals surface area contributed by atoms with Gasteiger partial charge in [0.2, 0.25) is 0 Å². The molecule has 0 unspecified atom stereocenters. The van der Waals surface area contributed by atoms with E-state index < -0.39 is 0 Å². The van der Waals surface area contributed by atoms with Crippen LogP contribution in [0.4, 0.5) is 0 Å². The Labute approximate surface area is 116 Å². The SMILES string of the molecule is Cc1cc(-c2nn(-c3ccccc3)cc2C=O)c(C)o1. The number of nitrogens with zero attached hydrogens (tertiary/aromatic N) is 2. The van der Waals surface area contributed by atoms with Gasteiger partial charge < -0.3 is 4.42 Å². The third kappa shape index (κ3) is 2.05. The molecule has 3 aromatic rings. The second-order valence-electron chi connectivity index (χ2n) is 4.66. The van der Waals surface area contributed by atoms with Crippen molar-refractivity contribution in [3.8, 4) is 16.9 Å². The van der Waals surface area contributed by atoms with Crippen LogP contribution in [0.1, 0.15) is 21.9 Å². The maximum absolute atomic E-state index is 11.3. The molecule has 0 N–H and O–H groups in total. The number of para-hydroxylation sites is 1. The van der Waals surface area contributed by atoms with E-state index >= 15 is 0 Å². The summed E-state index contributed by atoms with van der Waals surface area (Å²) in [6.07, 6.45) is 2.56. The maximum Gasteiger partial charge on any atom is 0.153 e. The van der Waals surface area contributed by atoms with Crippen LogP contribution in [0.15, 0.2) is 47.0 Å². The first-order valence-electron chi connectivity index (χ1n) is 6.36. The Bertz CT molecular complexity index is 754. The van der Waals surface area contributed by atoms with Crippen molar-refractivity contribution in [1.29, 1.82) is 0 Å². The summed E-state index contributed by atoms with van der Waals surface area (Å²) in [6.45, 7) is 3.75. The Morgan fingerprint density at radius 3 is 2.55 bits per heavy atom. The summed E-state index contributed by atoms with van der Waals surface area (Å²) in [6, 6.07) is 11.6. The molecule has 0 aliphatic heterocycles. The number of hydrogen-bond acceptors (Lipinski definition) is 3. The van der Waals surface area contributed by atoms with Gasteiger partial charge in [0.15, 0.2) is 6.29 Å². The van der Waals surface area contributed by atoms with Crippen molar-refractivity contribution in [3.05, 3.63) is 59.7 Å². The maximum atomic E-state index is 11.3. The van der Waals surface area contributed by atoms with Crippen molar-refractivity contribution in [1.82, 2.24) is 9.78 Å². The Hall–Kier alpha value is -2.62. The minimum absolute atomic E-state index is 0.553. The highest BCUT2D eigenvalue weighted by Gasteiger charge is 2.16. The van der Waals surface area contributed by atoms with Crippen LogP contribution in [-0.4, -0.2) is 16.1 Å². The minimum Gasteiger partial charge on any atom is -0.466 e. The fourth-order valence-electron chi connectivity index (χ4n) is 2.26. The van der Waals surface area contributed by atoms with Gasteiger partial charge in [0, 0.05) is 11.8 Å². The molecule has 0 spiro atoms. The number of aldehydes is 1. The first-order valence-corrected chi connectivity index (χ1v) is 6.36. The van der Waals surface area contributed by atoms with Crippen molar-refractivity contribution < 1.29 is 9.21 Å². The van der Waals surface area contributed by atoms with E-state index in [4.69, 9.17) is 4.42 Å². The molecule has 0 aliphatic rings. The summed E-state index contributed by atoms with van der Waals surface area (Å²) in [7, 11) is 0. The van der Waals surface area contributed by atoms with Gasteiger partial charge in [0.1, 0.15) is 17.2 Å². The predicted molar refractivity (Wildman–Crippen MR) is 76.1 cm³/mol. The molecule has 4 heteroatoms. The largest absolute Gasteiger partial charge is 0.466 e. The van der Waals surface area contributed by atoms with Crippen molar-refractivity contribution in [2.45, 2.75) is 13.8 Å². The molecule has 0 amide bonds. The first kappa shape index (κ1) is 12.4. The monoisotopic (exact) mass is 266 g/mol. The first-order chi connectivity index (χ1) is 9.69. The van der Waals surface area contributed by atoms with Crippen molar-refractivity contribution in [2.24, 2.45) is 0 Å². The molecular formula is C16H14N2O2. The van der Waals surface area contributed by atoms with Crippen LogP contribution in [-0.2, 0) is 0 Å². The highest BCUT2D eigenvalue weighted by Crippen LogP contribution is 2.28. The molecule has 0 saturated heterocycles. The summed E-state index contributed by atoms with van der Waals surface area (Å²) >= 11 is 0. The van der Waals surface area contributed by atoms with E-state index in [0.29, 0.717) is 11.3 Å². The van der Waals surface area contributed by atoms with Crippen LogP contribution in [0, 0.1) is 13.8 Å². The molecule has 0 fully saturated rings. The van der Waals surface area contributed by atoms with Crippen LogP contribution < -0.4 is 0 Å². The van der Waals surface area contributed by atoms with Gasteiger partial charge in [0.05, 0.1) is 11.3 Å². The molecule has 20 heavy (non-hydrogen) atoms. The second-order valence-corrected chi connectivity index (χ2v) is 4.66. The number of carbonyl (C=O) groups is 1. The lowest BCUT2D eigenvalue weighted by molar-refractivity contribution is 0.112. The van der Waals surface area contributed by atoms with Crippen molar-refractivity contribution in [2.75, 3.05) is 0 Å². The standard InChI is InChI=1S/C16H14N2O2/c1-11-8-15(12(2)20-11)16-13(10-19)9-18(17-16)14-6-4-3-5-7-14/h3-10H,1-2H3. The Morgan fingerprint density at radius 2 is 1.95 bits per heavy atom. The van der Waals surface area contributed by atoms with Gasteiger partial charge in [-0.3, -0.25) is 4.79 Å². The van der Waals surface area contributed by atoms with Gasteiger partial charge in [-0.05, 0) is 32.0 Å². The molecule has 2 heterocycles. The van der Waals surface area contributed by atoms with E-state index in [1.165, 1.54) is 0 Å². The predicted octanol–water partition coefficient (Wildman–Crippen LogP) is 3.56. The van der Waals surface area contributed by atoms with Gasteiger partial charge >= 0.3 is 0 Å². The van der Waals surface area contributed by atoms with E-state index in [1.807, 2.05) is 50.2 Å². The van der Waals surface area contributed by atoms with E-state index in [0.717, 1.165) is 29.1 Å². The van der Waals surface area contributed by atoms with E-state index in [9.17, 15) is 4.79 Å². The quantitative estimate of drug-likeness (QED) is 0.681. The summed E-state index contributed by atoms with van der Waals surface area (Å²) in [5, 5.41) is 4.52. The summed E-state index contributed by atoms with van der Waals surface area (Å²) in [5.41, 5.74) is 2.98. The fourth-order valence-corrected chi connectivity index (χ4v) is 2.26. The van der Waals surface area contributed by atoms with Crippen LogP contribution in [0.5, 0.6) is 0 Å². The molecule has 4 nitrogen and oxygen atoms in total. The lowest BCUT2D eigenvalue weighted by atomic mass is 10.1. The van der Waals surface area contributed by atoms with Gasteiger partial charge in [-0.1, -0.05) is 18.2 Å². The van der Waals surface area contributed by atoms with Crippen LogP contribution in [0.2, 0.25) is 0 Å². The molecule has 2 aromatic heterocycles. The second kappa shape index (κ2) is 4.81. The highest BCUT2D eigenvalue weighted by atomic mass is 16.3. The average molecular weight is 266 g/mol. The third-order valence-electron chi connectivity index (χ3n) is 3.19. The third-order valence-corrected chi connectivity index (χ3v) is 3.19. The summed E-state index contributed by atoms with van der Waals surface area (Å²) in [5.74, 6) is 1.58. The van der Waals surface area contributed by atoms with Gasteiger partial charge in [-0.15, -0.1) is 0 Å². The van der Waals surface area contributed by atoms with Crippen molar-refractivity contribution in [3.63, 3.8) is 0 Å². The van der Waals surface area contributed by atoms with Gasteiger partial charge in [-0.25, -0.2) is 4.68 Å². The topological polar surface area (TPSA) is 48.0 Å². The minimum atomic E-state index is 0.553. The molecular weight excluding hydrogens is 252 g/mol. The van der Waals surface area contributed by atoms with E-state index in [-0.39, 0.29) is 0 Å². The zero-order chi connectivity index (χ0) is 14.1.